The minimum Gasteiger partial charge on any atom is -0.249 e. The van der Waals surface area contributed by atoms with Crippen molar-refractivity contribution in [2.45, 2.75) is 44.4 Å². The number of fused-ring (bicyclic) bond motifs is 3. The number of benzene rings is 2. The number of hydrogen-bond donors (Lipinski definition) is 0. The zero-order valence-corrected chi connectivity index (χ0v) is 13.4. The Hall–Kier alpha value is -2.22. The quantitative estimate of drug-likeness (QED) is 0.604. The summed E-state index contributed by atoms with van der Waals surface area (Å²) in [5, 5.41) is 0. The maximum absolute atomic E-state index is 5.06. The van der Waals surface area contributed by atoms with Crippen LogP contribution in [0.4, 0.5) is 0 Å². The van der Waals surface area contributed by atoms with Crippen LogP contribution in [0.1, 0.15) is 54.5 Å². The van der Waals surface area contributed by atoms with Gasteiger partial charge in [0, 0.05) is 11.8 Å². The average Bonchev–Trinajstić information content (AvgIpc) is 2.61. The summed E-state index contributed by atoms with van der Waals surface area (Å²) >= 11 is 0. The molecule has 0 N–H and O–H groups in total. The minimum atomic E-state index is 0.647. The summed E-state index contributed by atoms with van der Waals surface area (Å²) in [6, 6.07) is 15.0. The summed E-state index contributed by atoms with van der Waals surface area (Å²) in [4.78, 5) is 10.1. The van der Waals surface area contributed by atoms with Gasteiger partial charge < -0.3 is 0 Å². The second-order valence-corrected chi connectivity index (χ2v) is 7.06. The Morgan fingerprint density at radius 3 is 1.96 bits per heavy atom. The van der Waals surface area contributed by atoms with E-state index in [9.17, 15) is 0 Å². The lowest BCUT2D eigenvalue weighted by Crippen LogP contribution is -2.24. The molecule has 0 radical (unpaired) electrons. The van der Waals surface area contributed by atoms with Crippen molar-refractivity contribution in [3.63, 3.8) is 0 Å². The lowest BCUT2D eigenvalue weighted by Gasteiger charge is -2.36. The fraction of sp³-hybridized carbons (Fsp3) is 0.333. The molecule has 1 saturated carbocycles. The number of aromatic nitrogens is 2. The number of nitrogens with zero attached hydrogens (tertiary/aromatic N) is 2. The third-order valence-electron chi connectivity index (χ3n) is 5.65. The molecule has 2 aromatic carbocycles. The number of rotatable bonds is 1. The van der Waals surface area contributed by atoms with Crippen molar-refractivity contribution >= 4 is 11.0 Å². The molecule has 0 spiro atoms. The minimum absolute atomic E-state index is 0.647. The van der Waals surface area contributed by atoms with Crippen molar-refractivity contribution in [3.05, 3.63) is 59.4 Å². The molecule has 3 aliphatic carbocycles. The van der Waals surface area contributed by atoms with Gasteiger partial charge in [0.2, 0.25) is 0 Å². The van der Waals surface area contributed by atoms with Crippen LogP contribution < -0.4 is 0 Å². The number of hydrogen-bond acceptors (Lipinski definition) is 2. The zero-order valence-electron chi connectivity index (χ0n) is 13.4. The molecular weight excluding hydrogens is 280 g/mol. The van der Waals surface area contributed by atoms with E-state index in [0.717, 1.165) is 11.0 Å². The van der Waals surface area contributed by atoms with E-state index >= 15 is 0 Å². The van der Waals surface area contributed by atoms with E-state index in [1.807, 2.05) is 0 Å². The molecule has 0 aliphatic heterocycles. The van der Waals surface area contributed by atoms with Crippen molar-refractivity contribution in [2.75, 3.05) is 0 Å². The summed E-state index contributed by atoms with van der Waals surface area (Å²) in [5.41, 5.74) is 8.52. The van der Waals surface area contributed by atoms with Crippen LogP contribution in [0, 0.1) is 6.92 Å². The highest BCUT2D eigenvalue weighted by atomic mass is 14.9. The van der Waals surface area contributed by atoms with E-state index in [-0.39, 0.29) is 0 Å². The lowest BCUT2D eigenvalue weighted by atomic mass is 9.71. The highest BCUT2D eigenvalue weighted by molar-refractivity contribution is 5.84. The van der Waals surface area contributed by atoms with Crippen LogP contribution in [-0.4, -0.2) is 9.97 Å². The fourth-order valence-electron chi connectivity index (χ4n) is 4.40. The molecule has 2 bridgehead atoms. The lowest BCUT2D eigenvalue weighted by molar-refractivity contribution is 0.344. The van der Waals surface area contributed by atoms with Gasteiger partial charge in [-0.1, -0.05) is 30.3 Å². The molecule has 3 aromatic rings. The van der Waals surface area contributed by atoms with E-state index in [1.165, 1.54) is 53.8 Å². The summed E-state index contributed by atoms with van der Waals surface area (Å²) in [6.07, 6.45) is 5.21. The van der Waals surface area contributed by atoms with Crippen molar-refractivity contribution in [1.82, 2.24) is 9.97 Å². The highest BCUT2D eigenvalue weighted by Crippen LogP contribution is 2.48. The molecule has 23 heavy (non-hydrogen) atoms. The Kier molecular flexibility index (Phi) is 2.81. The van der Waals surface area contributed by atoms with E-state index < -0.39 is 0 Å². The Labute approximate surface area is 136 Å². The monoisotopic (exact) mass is 300 g/mol. The molecule has 114 valence electrons. The first-order valence-corrected chi connectivity index (χ1v) is 8.67. The first kappa shape index (κ1) is 13.2. The molecule has 1 aromatic heterocycles. The second-order valence-electron chi connectivity index (χ2n) is 7.06. The smallest absolute Gasteiger partial charge is 0.0896 e. The Balaban J connectivity index is 1.73. The van der Waals surface area contributed by atoms with Crippen LogP contribution in [0.2, 0.25) is 0 Å². The maximum Gasteiger partial charge on any atom is 0.0896 e. The van der Waals surface area contributed by atoms with Gasteiger partial charge in [0.1, 0.15) is 0 Å². The molecule has 2 heteroatoms. The van der Waals surface area contributed by atoms with Gasteiger partial charge in [-0.2, -0.15) is 0 Å². The Bertz CT molecular complexity index is 891. The normalized spacial score (nSPS) is 22.3. The third kappa shape index (κ3) is 2.01. The van der Waals surface area contributed by atoms with E-state index in [1.54, 1.807) is 0 Å². The number of aryl methyl sites for hydroxylation is 1. The largest absolute Gasteiger partial charge is 0.249 e. The van der Waals surface area contributed by atoms with Gasteiger partial charge in [0.15, 0.2) is 0 Å². The van der Waals surface area contributed by atoms with E-state index in [2.05, 4.69) is 49.4 Å². The first-order chi connectivity index (χ1) is 11.3. The van der Waals surface area contributed by atoms with Crippen LogP contribution in [-0.2, 0) is 0 Å². The molecule has 0 unspecified atom stereocenters. The van der Waals surface area contributed by atoms with Gasteiger partial charge in [0.25, 0.3) is 0 Å². The van der Waals surface area contributed by atoms with Gasteiger partial charge in [-0.15, -0.1) is 0 Å². The van der Waals surface area contributed by atoms with Crippen LogP contribution in [0.15, 0.2) is 42.5 Å². The molecule has 2 nitrogen and oxygen atoms in total. The Morgan fingerprint density at radius 2 is 1.35 bits per heavy atom. The van der Waals surface area contributed by atoms with Gasteiger partial charge in [-0.3, -0.25) is 0 Å². The molecule has 0 atom stereocenters. The second kappa shape index (κ2) is 4.89. The van der Waals surface area contributed by atoms with Crippen LogP contribution in [0.3, 0.4) is 0 Å². The summed E-state index contributed by atoms with van der Waals surface area (Å²) in [5.74, 6) is 1.30. The van der Waals surface area contributed by atoms with E-state index in [4.69, 9.17) is 9.97 Å². The predicted octanol–water partition coefficient (Wildman–Crippen LogP) is 5.36. The first-order valence-electron chi connectivity index (χ1n) is 8.67. The SMILES string of the molecule is Cc1cc2nc3c(nc2cc1-c1ccccc1)C1CCC3CC1. The standard InChI is InChI=1S/C21H20N2/c1-13-11-18-19(12-17(13)14-5-3-2-4-6-14)23-21-16-9-7-15(8-10-16)20(21)22-18/h2-6,11-12,15-16H,7-10H2,1H3. The molecule has 0 saturated heterocycles. The summed E-state index contributed by atoms with van der Waals surface area (Å²) in [6.45, 7) is 2.18. The van der Waals surface area contributed by atoms with Gasteiger partial charge in [-0.25, -0.2) is 9.97 Å². The topological polar surface area (TPSA) is 25.8 Å². The van der Waals surface area contributed by atoms with Gasteiger partial charge in [0.05, 0.1) is 22.4 Å². The van der Waals surface area contributed by atoms with Crippen molar-refractivity contribution in [3.8, 4) is 11.1 Å². The molecule has 1 heterocycles. The molecule has 3 aliphatic rings. The van der Waals surface area contributed by atoms with Crippen LogP contribution in [0.25, 0.3) is 22.2 Å². The molecule has 0 amide bonds. The van der Waals surface area contributed by atoms with Crippen molar-refractivity contribution in [1.29, 1.82) is 0 Å². The van der Waals surface area contributed by atoms with Crippen LogP contribution in [0.5, 0.6) is 0 Å². The molecule has 6 rings (SSSR count). The molecule has 1 fully saturated rings. The van der Waals surface area contributed by atoms with Crippen molar-refractivity contribution < 1.29 is 0 Å². The zero-order chi connectivity index (χ0) is 15.4. The highest BCUT2D eigenvalue weighted by Gasteiger charge is 2.35. The molecular formula is C21H20N2. The predicted molar refractivity (Wildman–Crippen MR) is 93.7 cm³/mol. The van der Waals surface area contributed by atoms with Gasteiger partial charge >= 0.3 is 0 Å². The van der Waals surface area contributed by atoms with Crippen molar-refractivity contribution in [2.24, 2.45) is 0 Å². The third-order valence-corrected chi connectivity index (χ3v) is 5.65. The fourth-order valence-corrected chi connectivity index (χ4v) is 4.40. The maximum atomic E-state index is 5.06. The van der Waals surface area contributed by atoms with Crippen LogP contribution >= 0.6 is 0 Å². The summed E-state index contributed by atoms with van der Waals surface area (Å²) < 4.78 is 0. The Morgan fingerprint density at radius 1 is 0.783 bits per heavy atom. The van der Waals surface area contributed by atoms with E-state index in [0.29, 0.717) is 11.8 Å². The average molecular weight is 300 g/mol. The van der Waals surface area contributed by atoms with Gasteiger partial charge in [-0.05, 0) is 61.4 Å². The summed E-state index contributed by atoms with van der Waals surface area (Å²) in [7, 11) is 0.